The Hall–Kier alpha value is -2.15. The Morgan fingerprint density at radius 2 is 1.79 bits per heavy atom. The predicted octanol–water partition coefficient (Wildman–Crippen LogP) is 3.05. The first kappa shape index (κ1) is 20.6. The Kier molecular flexibility index (Phi) is 6.54. The Morgan fingerprint density at radius 3 is 2.39 bits per heavy atom. The number of hydrogen-bond acceptors (Lipinski definition) is 5. The normalized spacial score (nSPS) is 27.2. The van der Waals surface area contributed by atoms with Gasteiger partial charge in [-0.15, -0.1) is 0 Å². The molecule has 1 N–H and O–H groups in total. The maximum atomic E-state index is 12.8. The molecule has 0 bridgehead atoms. The Balaban J connectivity index is 1.51. The molecule has 4 unspecified atom stereocenters. The zero-order chi connectivity index (χ0) is 20.3. The van der Waals surface area contributed by atoms with E-state index in [1.807, 2.05) is 6.92 Å². The maximum Gasteiger partial charge on any atom is 0.269 e. The molecule has 154 valence electrons. The van der Waals surface area contributed by atoms with Crippen LogP contribution < -0.4 is 10.2 Å². The topological polar surface area (TPSA) is 78.7 Å². The fourth-order valence-electron chi connectivity index (χ4n) is 4.41. The van der Waals surface area contributed by atoms with Crippen molar-refractivity contribution in [2.24, 2.45) is 11.8 Å². The summed E-state index contributed by atoms with van der Waals surface area (Å²) < 4.78 is 0. The van der Waals surface area contributed by atoms with Gasteiger partial charge in [0.15, 0.2) is 0 Å². The third-order valence-electron chi connectivity index (χ3n) is 6.70. The van der Waals surface area contributed by atoms with Gasteiger partial charge in [-0.25, -0.2) is 0 Å². The molecule has 1 heterocycles. The van der Waals surface area contributed by atoms with E-state index in [-0.39, 0.29) is 22.6 Å². The number of piperazine rings is 1. The van der Waals surface area contributed by atoms with E-state index in [0.717, 1.165) is 38.3 Å². The number of benzene rings is 1. The van der Waals surface area contributed by atoms with Crippen molar-refractivity contribution in [2.45, 2.75) is 52.1 Å². The van der Waals surface area contributed by atoms with Gasteiger partial charge in [0.2, 0.25) is 5.91 Å². The van der Waals surface area contributed by atoms with Crippen molar-refractivity contribution in [3.05, 3.63) is 34.4 Å². The van der Waals surface area contributed by atoms with Gasteiger partial charge in [-0.3, -0.25) is 19.8 Å². The highest BCUT2D eigenvalue weighted by Gasteiger charge is 2.31. The second-order valence-electron chi connectivity index (χ2n) is 8.35. The van der Waals surface area contributed by atoms with Crippen LogP contribution in [0, 0.1) is 22.0 Å². The maximum absolute atomic E-state index is 12.8. The van der Waals surface area contributed by atoms with Crippen LogP contribution >= 0.6 is 0 Å². The third kappa shape index (κ3) is 4.63. The Labute approximate surface area is 167 Å². The van der Waals surface area contributed by atoms with Gasteiger partial charge in [-0.05, 0) is 37.3 Å². The lowest BCUT2D eigenvalue weighted by Crippen LogP contribution is -2.56. The second-order valence-corrected chi connectivity index (χ2v) is 8.35. The van der Waals surface area contributed by atoms with Crippen molar-refractivity contribution in [3.8, 4) is 0 Å². The lowest BCUT2D eigenvalue weighted by molar-refractivity contribution is -0.384. The molecule has 7 heteroatoms. The van der Waals surface area contributed by atoms with Gasteiger partial charge in [0, 0.05) is 50.0 Å². The summed E-state index contributed by atoms with van der Waals surface area (Å²) in [6, 6.07) is 6.85. The van der Waals surface area contributed by atoms with E-state index in [2.05, 4.69) is 29.0 Å². The van der Waals surface area contributed by atoms with Crippen LogP contribution in [-0.2, 0) is 4.79 Å². The number of carbonyl (C=O) groups excluding carboxylic acids is 1. The summed E-state index contributed by atoms with van der Waals surface area (Å²) in [6.45, 7) is 9.77. The van der Waals surface area contributed by atoms with Crippen LogP contribution in [0.2, 0.25) is 0 Å². The van der Waals surface area contributed by atoms with Crippen LogP contribution in [0.5, 0.6) is 0 Å². The average molecular weight is 389 g/mol. The summed E-state index contributed by atoms with van der Waals surface area (Å²) in [5.41, 5.74) is 1.10. The molecule has 2 aliphatic rings. The second kappa shape index (κ2) is 8.90. The summed E-state index contributed by atoms with van der Waals surface area (Å²) in [5, 5.41) is 14.1. The molecule has 7 nitrogen and oxygen atoms in total. The first-order valence-corrected chi connectivity index (χ1v) is 10.4. The van der Waals surface area contributed by atoms with Gasteiger partial charge < -0.3 is 10.2 Å². The monoisotopic (exact) mass is 388 g/mol. The number of amides is 1. The van der Waals surface area contributed by atoms with Crippen molar-refractivity contribution >= 4 is 17.3 Å². The first-order chi connectivity index (χ1) is 13.4. The average Bonchev–Trinajstić information content (AvgIpc) is 2.71. The quantitative estimate of drug-likeness (QED) is 0.620. The van der Waals surface area contributed by atoms with Crippen molar-refractivity contribution in [1.29, 1.82) is 0 Å². The van der Waals surface area contributed by atoms with Gasteiger partial charge in [0.1, 0.15) is 0 Å². The minimum absolute atomic E-state index is 0.110. The highest BCUT2D eigenvalue weighted by atomic mass is 16.6. The minimum Gasteiger partial charge on any atom is -0.369 e. The fourth-order valence-corrected chi connectivity index (χ4v) is 4.41. The van der Waals surface area contributed by atoms with E-state index in [1.165, 1.54) is 12.8 Å². The van der Waals surface area contributed by atoms with E-state index >= 15 is 0 Å². The Morgan fingerprint density at radius 1 is 1.14 bits per heavy atom. The smallest absolute Gasteiger partial charge is 0.269 e. The predicted molar refractivity (Wildman–Crippen MR) is 110 cm³/mol. The van der Waals surface area contributed by atoms with Crippen LogP contribution in [0.15, 0.2) is 24.3 Å². The fraction of sp³-hybridized carbons (Fsp3) is 0.667. The molecule has 1 amide bonds. The summed E-state index contributed by atoms with van der Waals surface area (Å²) in [7, 11) is 0. The number of hydrogen-bond donors (Lipinski definition) is 1. The van der Waals surface area contributed by atoms with E-state index in [0.29, 0.717) is 17.9 Å². The van der Waals surface area contributed by atoms with E-state index in [4.69, 9.17) is 0 Å². The third-order valence-corrected chi connectivity index (χ3v) is 6.70. The number of nitrogens with one attached hydrogen (secondary N) is 1. The lowest BCUT2D eigenvalue weighted by atomic mass is 9.78. The van der Waals surface area contributed by atoms with E-state index in [1.54, 1.807) is 24.3 Å². The SMILES string of the molecule is CC1CCCC(NC(=O)C(C)N2CCN(c3ccc([N+](=O)[O-])cc3)CC2)C1C. The van der Waals surface area contributed by atoms with Crippen molar-refractivity contribution < 1.29 is 9.72 Å². The number of nitrogens with zero attached hydrogens (tertiary/aromatic N) is 3. The first-order valence-electron chi connectivity index (χ1n) is 10.4. The lowest BCUT2D eigenvalue weighted by Gasteiger charge is -2.40. The minimum atomic E-state index is -0.379. The van der Waals surface area contributed by atoms with Gasteiger partial charge >= 0.3 is 0 Å². The standard InChI is InChI=1S/C21H32N4O3/c1-15-5-4-6-20(16(15)2)22-21(26)17(3)23-11-13-24(14-12-23)18-7-9-19(10-8-18)25(27)28/h7-10,15-17,20H,4-6,11-14H2,1-3H3,(H,22,26). The highest BCUT2D eigenvalue weighted by molar-refractivity contribution is 5.81. The van der Waals surface area contributed by atoms with Crippen LogP contribution in [0.4, 0.5) is 11.4 Å². The summed E-state index contributed by atoms with van der Waals surface area (Å²) >= 11 is 0. The number of rotatable bonds is 5. The number of anilines is 1. The molecule has 1 aromatic rings. The van der Waals surface area contributed by atoms with Gasteiger partial charge in [-0.2, -0.15) is 0 Å². The zero-order valence-corrected chi connectivity index (χ0v) is 17.1. The number of nitro groups is 1. The highest BCUT2D eigenvalue weighted by Crippen LogP contribution is 2.29. The Bertz CT molecular complexity index is 685. The molecule has 3 rings (SSSR count). The van der Waals surface area contributed by atoms with Crippen molar-refractivity contribution in [2.75, 3.05) is 31.1 Å². The summed E-state index contributed by atoms with van der Waals surface area (Å²) in [4.78, 5) is 27.7. The molecule has 1 aliphatic carbocycles. The zero-order valence-electron chi connectivity index (χ0n) is 17.1. The van der Waals surface area contributed by atoms with E-state index in [9.17, 15) is 14.9 Å². The van der Waals surface area contributed by atoms with Crippen LogP contribution in [-0.4, -0.2) is 54.0 Å². The molecule has 1 saturated carbocycles. The molecule has 28 heavy (non-hydrogen) atoms. The van der Waals surface area contributed by atoms with Crippen molar-refractivity contribution in [1.82, 2.24) is 10.2 Å². The van der Waals surface area contributed by atoms with Crippen LogP contribution in [0.1, 0.15) is 40.0 Å². The molecular formula is C21H32N4O3. The van der Waals surface area contributed by atoms with Gasteiger partial charge in [0.25, 0.3) is 5.69 Å². The molecule has 1 saturated heterocycles. The molecule has 2 fully saturated rings. The molecule has 1 aliphatic heterocycles. The molecule has 1 aromatic carbocycles. The number of non-ortho nitro benzene ring substituents is 1. The molecule has 0 radical (unpaired) electrons. The van der Waals surface area contributed by atoms with Gasteiger partial charge in [0.05, 0.1) is 11.0 Å². The summed E-state index contributed by atoms with van der Waals surface area (Å²) in [5.74, 6) is 1.33. The molecule has 0 aromatic heterocycles. The van der Waals surface area contributed by atoms with Crippen LogP contribution in [0.3, 0.4) is 0 Å². The number of nitro benzene ring substituents is 1. The molecule has 4 atom stereocenters. The molecular weight excluding hydrogens is 356 g/mol. The number of carbonyl (C=O) groups is 1. The van der Waals surface area contributed by atoms with Crippen molar-refractivity contribution in [3.63, 3.8) is 0 Å². The largest absolute Gasteiger partial charge is 0.369 e. The molecule has 0 spiro atoms. The van der Waals surface area contributed by atoms with Gasteiger partial charge in [-0.1, -0.05) is 26.7 Å². The van der Waals surface area contributed by atoms with E-state index < -0.39 is 0 Å². The summed E-state index contributed by atoms with van der Waals surface area (Å²) in [6.07, 6.45) is 3.53. The van der Waals surface area contributed by atoms with Crippen LogP contribution in [0.25, 0.3) is 0 Å².